The average Bonchev–Trinajstić information content (AvgIpc) is 2.51. The Morgan fingerprint density at radius 1 is 1.26 bits per heavy atom. The van der Waals surface area contributed by atoms with Gasteiger partial charge in [0.05, 0.1) is 0 Å². The summed E-state index contributed by atoms with van der Waals surface area (Å²) < 4.78 is 15.5. The van der Waals surface area contributed by atoms with Crippen LogP contribution in [0.2, 0.25) is 0 Å². The minimum absolute atomic E-state index is 0.0116. The highest BCUT2D eigenvalue weighted by Gasteiger charge is 2.14. The molecule has 0 aliphatic heterocycles. The minimum Gasteiger partial charge on any atom is -0.396 e. The monoisotopic (exact) mass is 491 g/mol. The molecule has 1 heterocycles. The fraction of sp³-hybridized carbons (Fsp3) is 0.294. The second kappa shape index (κ2) is 8.84. The first-order valence-electron chi connectivity index (χ1n) is 7.23. The largest absolute Gasteiger partial charge is 0.396 e. The first-order chi connectivity index (χ1) is 11.0. The van der Waals surface area contributed by atoms with Gasteiger partial charge >= 0.3 is 0 Å². The van der Waals surface area contributed by atoms with Crippen LogP contribution in [-0.4, -0.2) is 22.5 Å². The number of rotatable bonds is 7. The number of unbranched alkanes of at least 4 members (excludes halogenated alkanes) is 1. The van der Waals surface area contributed by atoms with Gasteiger partial charge in [0.1, 0.15) is 10.4 Å². The first-order valence-corrected chi connectivity index (χ1v) is 9.11. The molecular weight excluding hydrogens is 476 g/mol. The number of aromatic nitrogens is 1. The molecule has 0 spiro atoms. The van der Waals surface area contributed by atoms with Crippen molar-refractivity contribution >= 4 is 44.3 Å². The fourth-order valence-corrected chi connectivity index (χ4v) is 3.05. The van der Waals surface area contributed by atoms with E-state index in [-0.39, 0.29) is 18.2 Å². The van der Waals surface area contributed by atoms with Crippen molar-refractivity contribution in [3.63, 3.8) is 0 Å². The molecule has 0 aliphatic rings. The summed E-state index contributed by atoms with van der Waals surface area (Å²) in [5.41, 5.74) is 1.81. The van der Waals surface area contributed by atoms with Gasteiger partial charge in [-0.2, -0.15) is 0 Å². The Hall–Kier alpha value is -0.860. The summed E-state index contributed by atoms with van der Waals surface area (Å²) in [4.78, 5) is 16.6. The van der Waals surface area contributed by atoms with E-state index in [1.54, 1.807) is 18.3 Å². The number of aliphatic hydroxyl groups excluding tert-OH is 1. The lowest BCUT2D eigenvalue weighted by Gasteiger charge is -2.10. The van der Waals surface area contributed by atoms with Crippen molar-refractivity contribution in [2.24, 2.45) is 0 Å². The van der Waals surface area contributed by atoms with E-state index in [1.165, 1.54) is 6.07 Å². The Morgan fingerprint density at radius 3 is 2.74 bits per heavy atom. The summed E-state index contributed by atoms with van der Waals surface area (Å²) in [6, 6.07) is 6.74. The fourth-order valence-electron chi connectivity index (χ4n) is 2.26. The number of benzene rings is 1. The second-order valence-corrected chi connectivity index (χ2v) is 7.24. The van der Waals surface area contributed by atoms with Gasteiger partial charge in [0, 0.05) is 34.8 Å². The third-order valence-corrected chi connectivity index (χ3v) is 4.57. The first kappa shape index (κ1) is 18.5. The van der Waals surface area contributed by atoms with Crippen molar-refractivity contribution in [1.82, 2.24) is 4.98 Å². The van der Waals surface area contributed by atoms with E-state index in [2.05, 4.69) is 43.5 Å². The average molecular weight is 492 g/mol. The van der Waals surface area contributed by atoms with Crippen molar-refractivity contribution in [2.75, 3.05) is 6.61 Å². The maximum absolute atomic E-state index is 14.0. The van der Waals surface area contributed by atoms with E-state index in [4.69, 9.17) is 5.11 Å². The molecule has 2 aromatic rings. The molecule has 3 nitrogen and oxygen atoms in total. The molecular formula is C17H16BrFINO2. The van der Waals surface area contributed by atoms with Crippen LogP contribution in [0.5, 0.6) is 0 Å². The lowest BCUT2D eigenvalue weighted by atomic mass is 9.97. The summed E-state index contributed by atoms with van der Waals surface area (Å²) in [5, 5.41) is 8.83. The van der Waals surface area contributed by atoms with Gasteiger partial charge in [-0.15, -0.1) is 0 Å². The maximum Gasteiger partial charge on any atom is 0.163 e. The molecule has 0 saturated heterocycles. The lowest BCUT2D eigenvalue weighted by Crippen LogP contribution is -2.07. The summed E-state index contributed by atoms with van der Waals surface area (Å²) in [6.07, 6.45) is 3.52. The van der Waals surface area contributed by atoms with Crippen molar-refractivity contribution in [2.45, 2.75) is 25.7 Å². The predicted molar refractivity (Wildman–Crippen MR) is 99.1 cm³/mol. The highest BCUT2D eigenvalue weighted by molar-refractivity contribution is 14.1. The number of ketones is 1. The van der Waals surface area contributed by atoms with Crippen molar-refractivity contribution in [1.29, 1.82) is 0 Å². The van der Waals surface area contributed by atoms with Gasteiger partial charge in [0.25, 0.3) is 0 Å². The number of halogens is 3. The molecule has 122 valence electrons. The number of Topliss-reactive ketones (excluding diaryl/α,β-unsaturated/α-hetero) is 1. The van der Waals surface area contributed by atoms with Gasteiger partial charge in [-0.25, -0.2) is 9.37 Å². The van der Waals surface area contributed by atoms with Gasteiger partial charge in [-0.1, -0.05) is 6.07 Å². The molecule has 0 radical (unpaired) electrons. The molecule has 0 aliphatic carbocycles. The SMILES string of the molecule is O=C(CCCCO)c1cc(Br)ncc1Cc1ccc(I)cc1F. The standard InChI is InChI=1S/C17H16BrFINO2/c18-17-9-14(16(23)3-1-2-6-22)12(10-21-17)7-11-4-5-13(20)8-15(11)19/h4-5,8-10,22H,1-3,6-7H2. The van der Waals surface area contributed by atoms with Gasteiger partial charge in [-0.05, 0) is 80.7 Å². The molecule has 0 bridgehead atoms. The van der Waals surface area contributed by atoms with E-state index < -0.39 is 0 Å². The number of carbonyl (C=O) groups is 1. The van der Waals surface area contributed by atoms with E-state index in [1.807, 2.05) is 6.07 Å². The number of hydrogen-bond donors (Lipinski definition) is 1. The summed E-state index contributed by atoms with van der Waals surface area (Å²) in [5.74, 6) is -0.291. The molecule has 0 amide bonds. The molecule has 0 fully saturated rings. The van der Waals surface area contributed by atoms with Crippen molar-refractivity contribution < 1.29 is 14.3 Å². The highest BCUT2D eigenvalue weighted by atomic mass is 127. The Morgan fingerprint density at radius 2 is 2.04 bits per heavy atom. The van der Waals surface area contributed by atoms with Crippen molar-refractivity contribution in [3.05, 3.63) is 61.1 Å². The number of carbonyl (C=O) groups excluding carboxylic acids is 1. The number of hydrogen-bond acceptors (Lipinski definition) is 3. The molecule has 1 aromatic heterocycles. The Bertz CT molecular complexity index is 709. The van der Waals surface area contributed by atoms with E-state index >= 15 is 0 Å². The van der Waals surface area contributed by atoms with Gasteiger partial charge in [0.15, 0.2) is 5.78 Å². The number of aliphatic hydroxyl groups is 1. The molecule has 0 unspecified atom stereocenters. The van der Waals surface area contributed by atoms with Crippen molar-refractivity contribution in [3.8, 4) is 0 Å². The van der Waals surface area contributed by atoms with E-state index in [0.717, 1.165) is 3.57 Å². The summed E-state index contributed by atoms with van der Waals surface area (Å²) in [6.45, 7) is 0.0774. The summed E-state index contributed by atoms with van der Waals surface area (Å²) in [7, 11) is 0. The van der Waals surface area contributed by atoms with Crippen LogP contribution in [0.15, 0.2) is 35.1 Å². The van der Waals surface area contributed by atoms with Gasteiger partial charge in [0.2, 0.25) is 0 Å². The van der Waals surface area contributed by atoms with Crippen LogP contribution >= 0.6 is 38.5 Å². The molecule has 0 saturated carbocycles. The maximum atomic E-state index is 14.0. The topological polar surface area (TPSA) is 50.2 Å². The van der Waals surface area contributed by atoms with Gasteiger partial charge < -0.3 is 5.11 Å². The van der Waals surface area contributed by atoms with E-state index in [9.17, 15) is 9.18 Å². The Labute approximate surface area is 156 Å². The smallest absolute Gasteiger partial charge is 0.163 e. The zero-order valence-electron chi connectivity index (χ0n) is 12.4. The predicted octanol–water partition coefficient (Wildman–Crippen LogP) is 4.52. The Kier molecular flexibility index (Phi) is 7.10. The highest BCUT2D eigenvalue weighted by Crippen LogP contribution is 2.22. The van der Waals surface area contributed by atoms with Crippen LogP contribution in [0.25, 0.3) is 0 Å². The zero-order valence-corrected chi connectivity index (χ0v) is 16.1. The third kappa shape index (κ3) is 5.32. The van der Waals surface area contributed by atoms with Crippen LogP contribution < -0.4 is 0 Å². The molecule has 1 N–H and O–H groups in total. The normalized spacial score (nSPS) is 10.8. The zero-order chi connectivity index (χ0) is 16.8. The molecule has 6 heteroatoms. The molecule has 0 atom stereocenters. The van der Waals surface area contributed by atoms with Gasteiger partial charge in [-0.3, -0.25) is 4.79 Å². The van der Waals surface area contributed by atoms with Crippen LogP contribution in [0.4, 0.5) is 4.39 Å². The second-order valence-electron chi connectivity index (χ2n) is 5.18. The lowest BCUT2D eigenvalue weighted by molar-refractivity contribution is 0.0976. The van der Waals surface area contributed by atoms with Crippen LogP contribution in [0.1, 0.15) is 40.7 Å². The number of nitrogens with zero attached hydrogens (tertiary/aromatic N) is 1. The minimum atomic E-state index is -0.279. The quantitative estimate of drug-likeness (QED) is 0.268. The Balaban J connectivity index is 2.26. The molecule has 1 aromatic carbocycles. The number of pyridine rings is 1. The molecule has 23 heavy (non-hydrogen) atoms. The third-order valence-electron chi connectivity index (χ3n) is 3.46. The van der Waals surface area contributed by atoms with Crippen LogP contribution in [0, 0.1) is 9.39 Å². The van der Waals surface area contributed by atoms with E-state index in [0.29, 0.717) is 47.0 Å². The summed E-state index contributed by atoms with van der Waals surface area (Å²) >= 11 is 5.34. The van der Waals surface area contributed by atoms with Crippen LogP contribution in [-0.2, 0) is 6.42 Å². The molecule has 2 rings (SSSR count). The van der Waals surface area contributed by atoms with Crippen LogP contribution in [0.3, 0.4) is 0 Å².